The van der Waals surface area contributed by atoms with E-state index in [1.54, 1.807) is 0 Å². The van der Waals surface area contributed by atoms with Gasteiger partial charge in [-0.15, -0.1) is 0 Å². The smallest absolute Gasteiger partial charge is 0.308 e. The monoisotopic (exact) mass is 200 g/mol. The lowest BCUT2D eigenvalue weighted by Crippen LogP contribution is -2.12. The van der Waals surface area contributed by atoms with Crippen molar-refractivity contribution in [2.45, 2.75) is 52.9 Å². The Morgan fingerprint density at radius 1 is 1.21 bits per heavy atom. The average molecular weight is 200 g/mol. The van der Waals surface area contributed by atoms with Crippen molar-refractivity contribution in [2.75, 3.05) is 7.11 Å². The molecule has 0 aliphatic carbocycles. The van der Waals surface area contributed by atoms with Gasteiger partial charge in [0.05, 0.1) is 13.0 Å². The fourth-order valence-corrected chi connectivity index (χ4v) is 1.47. The summed E-state index contributed by atoms with van der Waals surface area (Å²) >= 11 is 0. The Bertz CT molecular complexity index is 154. The minimum atomic E-state index is -0.0754. The summed E-state index contributed by atoms with van der Waals surface area (Å²) in [7, 11) is 1.46. The van der Waals surface area contributed by atoms with Gasteiger partial charge in [0.25, 0.3) is 0 Å². The summed E-state index contributed by atoms with van der Waals surface area (Å²) in [4.78, 5) is 11.1. The molecule has 2 nitrogen and oxygen atoms in total. The largest absolute Gasteiger partial charge is 0.469 e. The highest BCUT2D eigenvalue weighted by molar-refractivity contribution is 5.71. The van der Waals surface area contributed by atoms with Crippen molar-refractivity contribution >= 4 is 5.97 Å². The van der Waals surface area contributed by atoms with E-state index < -0.39 is 0 Å². The highest BCUT2D eigenvalue weighted by atomic mass is 16.5. The summed E-state index contributed by atoms with van der Waals surface area (Å²) in [6, 6.07) is 0. The maximum Gasteiger partial charge on any atom is 0.308 e. The zero-order chi connectivity index (χ0) is 11.0. The Kier molecular flexibility index (Phi) is 7.54. The molecule has 2 heteroatoms. The number of ether oxygens (including phenoxy) is 1. The second-order valence-corrected chi connectivity index (χ2v) is 4.22. The molecule has 0 spiro atoms. The number of methoxy groups -OCH3 is 1. The molecule has 84 valence electrons. The predicted octanol–water partition coefficient (Wildman–Crippen LogP) is 3.40. The van der Waals surface area contributed by atoms with Crippen LogP contribution >= 0.6 is 0 Å². The molecular weight excluding hydrogens is 176 g/mol. The van der Waals surface area contributed by atoms with Crippen LogP contribution in [0.3, 0.4) is 0 Å². The predicted molar refractivity (Wildman–Crippen MR) is 59.1 cm³/mol. The number of hydrogen-bond acceptors (Lipinski definition) is 2. The van der Waals surface area contributed by atoms with Gasteiger partial charge in [0.2, 0.25) is 0 Å². The van der Waals surface area contributed by atoms with Crippen LogP contribution in [0.4, 0.5) is 0 Å². The summed E-state index contributed by atoms with van der Waals surface area (Å²) in [6.07, 6.45) is 5.87. The second kappa shape index (κ2) is 7.84. The molecule has 0 rings (SSSR count). The van der Waals surface area contributed by atoms with E-state index in [0.717, 1.165) is 18.8 Å². The highest BCUT2D eigenvalue weighted by Crippen LogP contribution is 2.15. The van der Waals surface area contributed by atoms with Crippen LogP contribution in [0.25, 0.3) is 0 Å². The standard InChI is InChI=1S/C12H24O2/c1-5-10(2)8-6-7-9-11(3)12(13)14-4/h10-11H,5-9H2,1-4H3/t10-,11+/m0/s1. The molecular formula is C12H24O2. The van der Waals surface area contributed by atoms with E-state index in [1.165, 1.54) is 26.4 Å². The number of esters is 1. The zero-order valence-electron chi connectivity index (χ0n) is 10.0. The molecule has 0 radical (unpaired) electrons. The van der Waals surface area contributed by atoms with Crippen LogP contribution in [-0.4, -0.2) is 13.1 Å². The Morgan fingerprint density at radius 2 is 1.79 bits per heavy atom. The SMILES string of the molecule is CC[C@H](C)CCCC[C@@H](C)C(=O)OC. The van der Waals surface area contributed by atoms with Gasteiger partial charge in [-0.2, -0.15) is 0 Å². The third-order valence-electron chi connectivity index (χ3n) is 2.88. The van der Waals surface area contributed by atoms with E-state index in [9.17, 15) is 4.79 Å². The molecule has 0 saturated carbocycles. The molecule has 0 N–H and O–H groups in total. The molecule has 0 aliphatic heterocycles. The number of unbranched alkanes of at least 4 members (excludes halogenated alkanes) is 1. The second-order valence-electron chi connectivity index (χ2n) is 4.22. The molecule has 2 atom stereocenters. The number of hydrogen-bond donors (Lipinski definition) is 0. The molecule has 0 aliphatic rings. The number of carbonyl (C=O) groups is 1. The summed E-state index contributed by atoms with van der Waals surface area (Å²) < 4.78 is 4.67. The Morgan fingerprint density at radius 3 is 2.29 bits per heavy atom. The normalized spacial score (nSPS) is 14.9. The van der Waals surface area contributed by atoms with Gasteiger partial charge < -0.3 is 4.74 Å². The van der Waals surface area contributed by atoms with Crippen molar-refractivity contribution in [3.05, 3.63) is 0 Å². The lowest BCUT2D eigenvalue weighted by Gasteiger charge is -2.10. The highest BCUT2D eigenvalue weighted by Gasteiger charge is 2.12. The van der Waals surface area contributed by atoms with Gasteiger partial charge >= 0.3 is 5.97 Å². The third kappa shape index (κ3) is 6.01. The first kappa shape index (κ1) is 13.5. The fourth-order valence-electron chi connectivity index (χ4n) is 1.47. The lowest BCUT2D eigenvalue weighted by atomic mass is 9.98. The van der Waals surface area contributed by atoms with E-state index in [1.807, 2.05) is 6.92 Å². The topological polar surface area (TPSA) is 26.3 Å². The molecule has 0 aromatic heterocycles. The van der Waals surface area contributed by atoms with E-state index in [-0.39, 0.29) is 11.9 Å². The third-order valence-corrected chi connectivity index (χ3v) is 2.88. The molecule has 0 aromatic rings. The van der Waals surface area contributed by atoms with Crippen LogP contribution in [0.15, 0.2) is 0 Å². The van der Waals surface area contributed by atoms with Gasteiger partial charge in [0.15, 0.2) is 0 Å². The Balaban J connectivity index is 3.40. The van der Waals surface area contributed by atoms with Crippen LogP contribution in [0.5, 0.6) is 0 Å². The van der Waals surface area contributed by atoms with E-state index >= 15 is 0 Å². The molecule has 0 unspecified atom stereocenters. The van der Waals surface area contributed by atoms with Gasteiger partial charge in [0, 0.05) is 0 Å². The van der Waals surface area contributed by atoms with Gasteiger partial charge in [-0.25, -0.2) is 0 Å². The van der Waals surface area contributed by atoms with E-state index in [4.69, 9.17) is 0 Å². The van der Waals surface area contributed by atoms with Crippen molar-refractivity contribution in [1.29, 1.82) is 0 Å². The maximum atomic E-state index is 11.1. The molecule has 0 heterocycles. The molecule has 0 amide bonds. The molecule has 0 aromatic carbocycles. The van der Waals surface area contributed by atoms with Gasteiger partial charge in [0.1, 0.15) is 0 Å². The molecule has 14 heavy (non-hydrogen) atoms. The van der Waals surface area contributed by atoms with Crippen molar-refractivity contribution in [2.24, 2.45) is 11.8 Å². The van der Waals surface area contributed by atoms with E-state index in [2.05, 4.69) is 18.6 Å². The van der Waals surface area contributed by atoms with Crippen LogP contribution < -0.4 is 0 Å². The minimum Gasteiger partial charge on any atom is -0.469 e. The Hall–Kier alpha value is -0.530. The molecule has 0 saturated heterocycles. The summed E-state index contributed by atoms with van der Waals surface area (Å²) in [5.41, 5.74) is 0. The summed E-state index contributed by atoms with van der Waals surface area (Å²) in [6.45, 7) is 6.44. The number of carbonyl (C=O) groups excluding carboxylic acids is 1. The molecule has 0 bridgehead atoms. The number of rotatable bonds is 7. The summed E-state index contributed by atoms with van der Waals surface area (Å²) in [5.74, 6) is 0.814. The van der Waals surface area contributed by atoms with Crippen molar-refractivity contribution in [3.63, 3.8) is 0 Å². The van der Waals surface area contributed by atoms with Crippen molar-refractivity contribution in [1.82, 2.24) is 0 Å². The van der Waals surface area contributed by atoms with Gasteiger partial charge in [-0.05, 0) is 12.3 Å². The first-order valence-electron chi connectivity index (χ1n) is 5.69. The fraction of sp³-hybridized carbons (Fsp3) is 0.917. The first-order valence-corrected chi connectivity index (χ1v) is 5.69. The minimum absolute atomic E-state index is 0.0666. The molecule has 0 fully saturated rings. The van der Waals surface area contributed by atoms with Gasteiger partial charge in [-0.1, -0.05) is 46.5 Å². The Labute approximate surface area is 88.0 Å². The summed E-state index contributed by atoms with van der Waals surface area (Å²) in [5, 5.41) is 0. The van der Waals surface area contributed by atoms with Crippen molar-refractivity contribution in [3.8, 4) is 0 Å². The zero-order valence-corrected chi connectivity index (χ0v) is 10.0. The van der Waals surface area contributed by atoms with Crippen molar-refractivity contribution < 1.29 is 9.53 Å². The quantitative estimate of drug-likeness (QED) is 0.465. The first-order chi connectivity index (χ1) is 6.61. The van der Waals surface area contributed by atoms with Crippen LogP contribution in [-0.2, 0) is 9.53 Å². The maximum absolute atomic E-state index is 11.1. The van der Waals surface area contributed by atoms with Crippen LogP contribution in [0.1, 0.15) is 52.9 Å². The lowest BCUT2D eigenvalue weighted by molar-refractivity contribution is -0.145. The van der Waals surface area contributed by atoms with Crippen LogP contribution in [0, 0.1) is 11.8 Å². The van der Waals surface area contributed by atoms with Gasteiger partial charge in [-0.3, -0.25) is 4.79 Å². The van der Waals surface area contributed by atoms with E-state index in [0.29, 0.717) is 0 Å². The average Bonchev–Trinajstić information content (AvgIpc) is 2.22. The van der Waals surface area contributed by atoms with Crippen LogP contribution in [0.2, 0.25) is 0 Å².